The summed E-state index contributed by atoms with van der Waals surface area (Å²) >= 11 is 1.99. The number of anilines is 1. The van der Waals surface area contributed by atoms with Crippen LogP contribution in [0.4, 0.5) is 5.69 Å². The average molecular weight is 290 g/mol. The molecule has 1 aromatic rings. The first-order valence-corrected chi connectivity index (χ1v) is 8.38. The van der Waals surface area contributed by atoms with Gasteiger partial charge < -0.3 is 10.6 Å². The summed E-state index contributed by atoms with van der Waals surface area (Å²) in [4.78, 5) is 12.3. The lowest BCUT2D eigenvalue weighted by Crippen LogP contribution is -2.43. The zero-order valence-electron chi connectivity index (χ0n) is 11.9. The summed E-state index contributed by atoms with van der Waals surface area (Å²) in [5, 5.41) is 6.53. The van der Waals surface area contributed by atoms with Crippen LogP contribution in [-0.2, 0) is 11.2 Å². The van der Waals surface area contributed by atoms with E-state index in [0.717, 1.165) is 19.5 Å². The number of para-hydroxylation sites is 1. The molecule has 1 fully saturated rings. The molecule has 2 N–H and O–H groups in total. The Morgan fingerprint density at radius 1 is 1.50 bits per heavy atom. The highest BCUT2D eigenvalue weighted by molar-refractivity contribution is 8.00. The first-order valence-electron chi connectivity index (χ1n) is 7.40. The van der Waals surface area contributed by atoms with Crippen LogP contribution in [0.15, 0.2) is 24.3 Å². The SMILES string of the molecule is CC1(CNC(=O)C2CNc3ccccc3C2)CCCS1. The lowest BCUT2D eigenvalue weighted by molar-refractivity contribution is -0.124. The van der Waals surface area contributed by atoms with Crippen molar-refractivity contribution in [2.24, 2.45) is 5.92 Å². The van der Waals surface area contributed by atoms with E-state index in [1.54, 1.807) is 0 Å². The summed E-state index contributed by atoms with van der Waals surface area (Å²) in [7, 11) is 0. The molecule has 3 nitrogen and oxygen atoms in total. The third-order valence-electron chi connectivity index (χ3n) is 4.33. The van der Waals surface area contributed by atoms with Gasteiger partial charge in [0.15, 0.2) is 0 Å². The summed E-state index contributed by atoms with van der Waals surface area (Å²) in [6, 6.07) is 8.26. The van der Waals surface area contributed by atoms with E-state index in [2.05, 4.69) is 29.7 Å². The molecule has 20 heavy (non-hydrogen) atoms. The molecule has 0 radical (unpaired) electrons. The van der Waals surface area contributed by atoms with Gasteiger partial charge in [-0.1, -0.05) is 18.2 Å². The molecule has 0 aliphatic carbocycles. The molecule has 0 bridgehead atoms. The van der Waals surface area contributed by atoms with Crippen molar-refractivity contribution in [3.8, 4) is 0 Å². The third-order valence-corrected chi connectivity index (χ3v) is 5.87. The summed E-state index contributed by atoms with van der Waals surface area (Å²) in [6.07, 6.45) is 3.33. The number of amides is 1. The number of hydrogen-bond donors (Lipinski definition) is 2. The second-order valence-electron chi connectivity index (χ2n) is 6.06. The van der Waals surface area contributed by atoms with E-state index < -0.39 is 0 Å². The Balaban J connectivity index is 1.56. The van der Waals surface area contributed by atoms with Crippen LogP contribution in [0.2, 0.25) is 0 Å². The molecule has 3 rings (SSSR count). The van der Waals surface area contributed by atoms with Gasteiger partial charge in [-0.3, -0.25) is 4.79 Å². The molecule has 2 atom stereocenters. The van der Waals surface area contributed by atoms with E-state index in [1.165, 1.54) is 29.8 Å². The van der Waals surface area contributed by atoms with Crippen molar-refractivity contribution in [1.29, 1.82) is 0 Å². The van der Waals surface area contributed by atoms with Crippen molar-refractivity contribution in [1.82, 2.24) is 5.32 Å². The summed E-state index contributed by atoms with van der Waals surface area (Å²) < 4.78 is 0.246. The Labute approximate surface area is 124 Å². The highest BCUT2D eigenvalue weighted by Gasteiger charge is 2.31. The van der Waals surface area contributed by atoms with E-state index in [-0.39, 0.29) is 16.6 Å². The minimum atomic E-state index is 0.0555. The van der Waals surface area contributed by atoms with Crippen LogP contribution in [0.1, 0.15) is 25.3 Å². The molecule has 2 unspecified atom stereocenters. The minimum absolute atomic E-state index is 0.0555. The predicted molar refractivity (Wildman–Crippen MR) is 85.2 cm³/mol. The number of carbonyl (C=O) groups is 1. The third kappa shape index (κ3) is 2.95. The quantitative estimate of drug-likeness (QED) is 0.899. The predicted octanol–water partition coefficient (Wildman–Crippen LogP) is 2.67. The molecule has 0 aromatic heterocycles. The molecule has 108 valence electrons. The van der Waals surface area contributed by atoms with Crippen molar-refractivity contribution in [2.75, 3.05) is 24.2 Å². The standard InChI is InChI=1S/C16H22N2OS/c1-16(7-4-8-20-16)11-18-15(19)13-9-12-5-2-3-6-14(12)17-10-13/h2-3,5-6,13,17H,4,7-11H2,1H3,(H,18,19). The highest BCUT2D eigenvalue weighted by atomic mass is 32.2. The lowest BCUT2D eigenvalue weighted by Gasteiger charge is -2.28. The first kappa shape index (κ1) is 13.8. The van der Waals surface area contributed by atoms with Crippen LogP contribution in [0.3, 0.4) is 0 Å². The van der Waals surface area contributed by atoms with Gasteiger partial charge in [0, 0.05) is 23.5 Å². The van der Waals surface area contributed by atoms with Gasteiger partial charge >= 0.3 is 0 Å². The summed E-state index contributed by atoms with van der Waals surface area (Å²) in [6.45, 7) is 3.81. The molecule has 1 aromatic carbocycles. The maximum Gasteiger partial charge on any atom is 0.225 e. The van der Waals surface area contributed by atoms with Crippen LogP contribution >= 0.6 is 11.8 Å². The maximum atomic E-state index is 12.3. The van der Waals surface area contributed by atoms with Crippen LogP contribution < -0.4 is 10.6 Å². The van der Waals surface area contributed by atoms with Crippen molar-refractivity contribution in [3.63, 3.8) is 0 Å². The van der Waals surface area contributed by atoms with Gasteiger partial charge in [-0.15, -0.1) is 0 Å². The Kier molecular flexibility index (Phi) is 3.92. The van der Waals surface area contributed by atoms with Crippen molar-refractivity contribution in [3.05, 3.63) is 29.8 Å². The molecule has 2 aliphatic rings. The Hall–Kier alpha value is -1.16. The Bertz CT molecular complexity index is 497. The maximum absolute atomic E-state index is 12.3. The number of thioether (sulfide) groups is 1. The van der Waals surface area contributed by atoms with Gasteiger partial charge in [-0.2, -0.15) is 11.8 Å². The molecule has 4 heteroatoms. The second-order valence-corrected chi connectivity index (χ2v) is 7.74. The number of hydrogen-bond acceptors (Lipinski definition) is 3. The number of carbonyl (C=O) groups excluding carboxylic acids is 1. The van der Waals surface area contributed by atoms with Crippen molar-refractivity contribution >= 4 is 23.4 Å². The molecule has 2 aliphatic heterocycles. The average Bonchev–Trinajstić information content (AvgIpc) is 2.91. The highest BCUT2D eigenvalue weighted by Crippen LogP contribution is 2.37. The van der Waals surface area contributed by atoms with E-state index in [9.17, 15) is 4.79 Å². The Morgan fingerprint density at radius 3 is 3.15 bits per heavy atom. The largest absolute Gasteiger partial charge is 0.384 e. The van der Waals surface area contributed by atoms with Crippen LogP contribution in [0.25, 0.3) is 0 Å². The summed E-state index contributed by atoms with van der Waals surface area (Å²) in [5.41, 5.74) is 2.43. The monoisotopic (exact) mass is 290 g/mol. The second kappa shape index (κ2) is 5.68. The normalized spacial score (nSPS) is 28.6. The number of benzene rings is 1. The first-order chi connectivity index (χ1) is 9.66. The fourth-order valence-electron chi connectivity index (χ4n) is 3.02. The van der Waals surface area contributed by atoms with E-state index >= 15 is 0 Å². The number of nitrogens with one attached hydrogen (secondary N) is 2. The molecule has 1 amide bonds. The Morgan fingerprint density at radius 2 is 2.35 bits per heavy atom. The molecular formula is C16H22N2OS. The van der Waals surface area contributed by atoms with Gasteiger partial charge in [0.2, 0.25) is 5.91 Å². The van der Waals surface area contributed by atoms with Gasteiger partial charge in [-0.25, -0.2) is 0 Å². The van der Waals surface area contributed by atoms with Gasteiger partial charge in [-0.05, 0) is 43.6 Å². The number of fused-ring (bicyclic) bond motifs is 1. The fraction of sp³-hybridized carbons (Fsp3) is 0.562. The van der Waals surface area contributed by atoms with E-state index in [1.807, 2.05) is 23.9 Å². The van der Waals surface area contributed by atoms with Crippen molar-refractivity contribution < 1.29 is 4.79 Å². The molecule has 0 spiro atoms. The van der Waals surface area contributed by atoms with Gasteiger partial charge in [0.05, 0.1) is 5.92 Å². The van der Waals surface area contributed by atoms with Gasteiger partial charge in [0.1, 0.15) is 0 Å². The van der Waals surface area contributed by atoms with Crippen molar-refractivity contribution in [2.45, 2.75) is 30.9 Å². The lowest BCUT2D eigenvalue weighted by atomic mass is 9.93. The van der Waals surface area contributed by atoms with Gasteiger partial charge in [0.25, 0.3) is 0 Å². The van der Waals surface area contributed by atoms with Crippen LogP contribution in [0, 0.1) is 5.92 Å². The summed E-state index contributed by atoms with van der Waals surface area (Å²) in [5.74, 6) is 1.48. The van der Waals surface area contributed by atoms with Crippen LogP contribution in [0.5, 0.6) is 0 Å². The smallest absolute Gasteiger partial charge is 0.225 e. The minimum Gasteiger partial charge on any atom is -0.384 e. The van der Waals surface area contributed by atoms with Crippen LogP contribution in [-0.4, -0.2) is 29.5 Å². The topological polar surface area (TPSA) is 41.1 Å². The van der Waals surface area contributed by atoms with E-state index in [4.69, 9.17) is 0 Å². The molecule has 1 saturated heterocycles. The zero-order chi connectivity index (χ0) is 14.0. The molecule has 2 heterocycles. The number of rotatable bonds is 3. The molecular weight excluding hydrogens is 268 g/mol. The molecule has 0 saturated carbocycles. The van der Waals surface area contributed by atoms with E-state index in [0.29, 0.717) is 0 Å². The zero-order valence-corrected chi connectivity index (χ0v) is 12.8. The fourth-order valence-corrected chi connectivity index (χ4v) is 4.27.